The Labute approximate surface area is 216 Å². The molecule has 0 fully saturated rings. The van der Waals surface area contributed by atoms with Gasteiger partial charge in [0.05, 0.1) is 0 Å². The van der Waals surface area contributed by atoms with E-state index < -0.39 is 0 Å². The Bertz CT molecular complexity index is 1220. The molecule has 0 unspecified atom stereocenters. The van der Waals surface area contributed by atoms with Gasteiger partial charge in [-0.05, 0) is 11.0 Å². The molecule has 0 aliphatic carbocycles. The molecule has 6 aromatic rings. The minimum atomic E-state index is 1.06. The van der Waals surface area contributed by atoms with Crippen molar-refractivity contribution in [1.29, 1.82) is 0 Å². The number of hydrogen-bond acceptors (Lipinski definition) is 2. The molecule has 0 atom stereocenters. The van der Waals surface area contributed by atoms with Crippen molar-refractivity contribution < 1.29 is 36.4 Å². The van der Waals surface area contributed by atoms with Gasteiger partial charge in [0.2, 0.25) is 0 Å². The molecule has 6 heteroatoms. The smallest absolute Gasteiger partial charge is 0.0248 e. The summed E-state index contributed by atoms with van der Waals surface area (Å²) in [6.07, 6.45) is 3.66. The standard InChI is InChI=1S/2C13H8N.2ClH.2Pd/c2*1-2-6-12-10(4-1)7-8-11-5-3-9-14-13(11)12;;;;/h2*1-6,8-9H;2*1H;;/q2*-1;;;2*+2/p-2. The van der Waals surface area contributed by atoms with Crippen molar-refractivity contribution >= 4 is 62.4 Å². The van der Waals surface area contributed by atoms with Gasteiger partial charge >= 0.3 is 55.4 Å². The van der Waals surface area contributed by atoms with Crippen LogP contribution in [0.1, 0.15) is 0 Å². The van der Waals surface area contributed by atoms with Gasteiger partial charge in [-0.2, -0.15) is 0 Å². The number of nitrogens with zero attached hydrogens (tertiary/aromatic N) is 2. The SMILES string of the molecule is [Cl][Pd+].[Cl][Pd+].[c-]1cc2cccnc2c2ccccc12.[c-]1cc2cccnc2c2ccccc12. The molecule has 0 aliphatic heterocycles. The van der Waals surface area contributed by atoms with Crippen LogP contribution in [0.5, 0.6) is 0 Å². The summed E-state index contributed by atoms with van der Waals surface area (Å²) in [5.41, 5.74) is 2.11. The van der Waals surface area contributed by atoms with Crippen LogP contribution >= 0.6 is 19.1 Å². The minimum absolute atomic E-state index is 1.06. The molecule has 0 N–H and O–H groups in total. The van der Waals surface area contributed by atoms with Crippen LogP contribution in [0.4, 0.5) is 0 Å². The Morgan fingerprint density at radius 1 is 0.531 bits per heavy atom. The fourth-order valence-corrected chi connectivity index (χ4v) is 3.46. The average molecular weight is 640 g/mol. The Hall–Kier alpha value is -1.88. The Morgan fingerprint density at radius 2 is 0.938 bits per heavy atom. The van der Waals surface area contributed by atoms with E-state index in [1.165, 1.54) is 10.8 Å². The van der Waals surface area contributed by atoms with Gasteiger partial charge in [0.15, 0.2) is 0 Å². The van der Waals surface area contributed by atoms with E-state index in [1.54, 1.807) is 0 Å². The molecule has 4 aromatic carbocycles. The summed E-state index contributed by atoms with van der Waals surface area (Å²) in [5, 5.41) is 6.88. The second-order valence-corrected chi connectivity index (χ2v) is 6.55. The summed E-state index contributed by atoms with van der Waals surface area (Å²) in [6, 6.07) is 34.9. The molecule has 0 amide bonds. The first-order valence-corrected chi connectivity index (χ1v) is 13.4. The van der Waals surface area contributed by atoms with Crippen LogP contribution < -0.4 is 0 Å². The second-order valence-electron chi connectivity index (χ2n) is 6.55. The van der Waals surface area contributed by atoms with E-state index in [1.807, 2.05) is 60.9 Å². The zero-order valence-corrected chi connectivity index (χ0v) is 21.1. The second kappa shape index (κ2) is 13.0. The van der Waals surface area contributed by atoms with Gasteiger partial charge in [-0.25, -0.2) is 0 Å². The van der Waals surface area contributed by atoms with Crippen LogP contribution in [0.25, 0.3) is 43.4 Å². The van der Waals surface area contributed by atoms with E-state index in [0.717, 1.165) is 32.6 Å². The molecule has 0 bridgehead atoms. The van der Waals surface area contributed by atoms with Crippen LogP contribution in [0.15, 0.2) is 97.3 Å². The summed E-state index contributed by atoms with van der Waals surface area (Å²) in [4.78, 5) is 8.78. The zero-order chi connectivity index (χ0) is 22.8. The number of fused-ring (bicyclic) bond motifs is 6. The van der Waals surface area contributed by atoms with Crippen molar-refractivity contribution in [2.24, 2.45) is 0 Å². The molecule has 6 rings (SSSR count). The number of aromatic nitrogens is 2. The molecule has 2 nitrogen and oxygen atoms in total. The zero-order valence-electron chi connectivity index (χ0n) is 16.5. The monoisotopic (exact) mass is 638 g/mol. The van der Waals surface area contributed by atoms with Crippen molar-refractivity contribution in [3.05, 3.63) is 109 Å². The van der Waals surface area contributed by atoms with Crippen LogP contribution in [0, 0.1) is 12.1 Å². The molecule has 0 spiro atoms. The molecule has 32 heavy (non-hydrogen) atoms. The predicted octanol–water partition coefficient (Wildman–Crippen LogP) is 7.75. The molecule has 0 saturated heterocycles. The first-order chi connectivity index (χ1) is 15.9. The van der Waals surface area contributed by atoms with Crippen molar-refractivity contribution in [2.75, 3.05) is 0 Å². The van der Waals surface area contributed by atoms with Gasteiger partial charge in [-0.15, -0.1) is 59.3 Å². The van der Waals surface area contributed by atoms with Crippen LogP contribution in [0.2, 0.25) is 0 Å². The van der Waals surface area contributed by atoms with Crippen molar-refractivity contribution in [3.63, 3.8) is 0 Å². The van der Waals surface area contributed by atoms with E-state index in [9.17, 15) is 0 Å². The third-order valence-electron chi connectivity index (χ3n) is 4.81. The van der Waals surface area contributed by atoms with Crippen LogP contribution in [-0.4, -0.2) is 9.97 Å². The summed E-state index contributed by atoms with van der Waals surface area (Å²) in [5.74, 6) is 0. The van der Waals surface area contributed by atoms with Gasteiger partial charge in [-0.1, -0.05) is 70.1 Å². The fraction of sp³-hybridized carbons (Fsp3) is 0. The third kappa shape index (κ3) is 5.72. The molecular weight excluding hydrogens is 624 g/mol. The third-order valence-corrected chi connectivity index (χ3v) is 4.81. The largest absolute Gasteiger partial charge is 0.276 e. The number of hydrogen-bond donors (Lipinski definition) is 0. The van der Waals surface area contributed by atoms with Gasteiger partial charge in [0.25, 0.3) is 0 Å². The molecule has 0 aliphatic rings. The molecule has 2 heterocycles. The van der Waals surface area contributed by atoms with Crippen molar-refractivity contribution in [1.82, 2.24) is 9.97 Å². The van der Waals surface area contributed by atoms with Crippen molar-refractivity contribution in [3.8, 4) is 0 Å². The average Bonchev–Trinajstić information content (AvgIpc) is 2.91. The van der Waals surface area contributed by atoms with E-state index in [0.29, 0.717) is 0 Å². The van der Waals surface area contributed by atoms with Crippen LogP contribution in [0.3, 0.4) is 0 Å². The molecule has 164 valence electrons. The number of halogens is 2. The summed E-state index contributed by atoms with van der Waals surface area (Å²) >= 11 is 4.44. The fourth-order valence-electron chi connectivity index (χ4n) is 3.46. The first kappa shape index (κ1) is 24.8. The number of benzene rings is 4. The van der Waals surface area contributed by atoms with Gasteiger partial charge in [0, 0.05) is 12.4 Å². The number of pyridine rings is 2. The summed E-state index contributed by atoms with van der Waals surface area (Å²) in [7, 11) is 8.98. The van der Waals surface area contributed by atoms with Crippen LogP contribution in [-0.2, 0) is 36.4 Å². The normalized spacial score (nSPS) is 9.94. The molecular formula is C26H16Cl2N2Pd2. The predicted molar refractivity (Wildman–Crippen MR) is 128 cm³/mol. The van der Waals surface area contributed by atoms with E-state index in [-0.39, 0.29) is 0 Å². The van der Waals surface area contributed by atoms with Gasteiger partial charge in [-0.3, -0.25) is 9.97 Å². The van der Waals surface area contributed by atoms with E-state index in [4.69, 9.17) is 0 Å². The first-order valence-electron chi connectivity index (χ1n) is 9.42. The Morgan fingerprint density at radius 3 is 1.38 bits per heavy atom. The Balaban J connectivity index is 0.000000157. The van der Waals surface area contributed by atoms with Gasteiger partial charge in [0.1, 0.15) is 0 Å². The van der Waals surface area contributed by atoms with E-state index >= 15 is 0 Å². The van der Waals surface area contributed by atoms with Gasteiger partial charge < -0.3 is 0 Å². The topological polar surface area (TPSA) is 25.8 Å². The maximum atomic E-state index is 4.49. The molecule has 2 aromatic heterocycles. The summed E-state index contributed by atoms with van der Waals surface area (Å²) in [6.45, 7) is 0. The molecule has 0 saturated carbocycles. The Kier molecular flexibility index (Phi) is 10.0. The quantitative estimate of drug-likeness (QED) is 0.0965. The maximum Gasteiger partial charge on any atom is 0.0248 e. The van der Waals surface area contributed by atoms with E-state index in [2.05, 4.69) is 114 Å². The van der Waals surface area contributed by atoms with Crippen molar-refractivity contribution in [2.45, 2.75) is 0 Å². The number of rotatable bonds is 0. The maximum absolute atomic E-state index is 4.49. The minimum Gasteiger partial charge on any atom is -0.276 e. The molecule has 0 radical (unpaired) electrons. The summed E-state index contributed by atoms with van der Waals surface area (Å²) < 4.78 is 0.